The van der Waals surface area contributed by atoms with Crippen LogP contribution in [0, 0.1) is 24.2 Å². The summed E-state index contributed by atoms with van der Waals surface area (Å²) < 4.78 is 7.64. The maximum atomic E-state index is 11.2. The van der Waals surface area contributed by atoms with Crippen molar-refractivity contribution in [3.8, 4) is 0 Å². The molecule has 2 unspecified atom stereocenters. The molecule has 2 aromatic rings. The Morgan fingerprint density at radius 2 is 1.94 bits per heavy atom. The van der Waals surface area contributed by atoms with Crippen LogP contribution in [0.4, 0.5) is 0 Å². The van der Waals surface area contributed by atoms with Crippen molar-refractivity contribution in [3.63, 3.8) is 0 Å². The highest BCUT2D eigenvalue weighted by molar-refractivity contribution is 5.90. The van der Waals surface area contributed by atoms with Gasteiger partial charge in [-0.1, -0.05) is 38.6 Å². The molecule has 180 valence electrons. The number of nitrogens with zero attached hydrogens (tertiary/aromatic N) is 1. The van der Waals surface area contributed by atoms with Crippen molar-refractivity contribution in [1.29, 1.82) is 0 Å². The number of nitrogens with one attached hydrogen (secondary N) is 2. The van der Waals surface area contributed by atoms with Crippen LogP contribution in [0.25, 0.3) is 16.5 Å². The van der Waals surface area contributed by atoms with E-state index in [2.05, 4.69) is 67.9 Å². The first kappa shape index (κ1) is 25.3. The lowest BCUT2D eigenvalue weighted by molar-refractivity contribution is -0.143. The fourth-order valence-corrected chi connectivity index (χ4v) is 4.72. The zero-order chi connectivity index (χ0) is 24.2. The molecule has 2 fully saturated rings. The zero-order valence-corrected chi connectivity index (χ0v) is 21.3. The number of benzene rings is 1. The Labute approximate surface area is 199 Å². The van der Waals surface area contributed by atoms with Gasteiger partial charge in [0.15, 0.2) is 0 Å². The number of esters is 1. The number of ether oxygens (including phenoxy) is 1. The summed E-state index contributed by atoms with van der Waals surface area (Å²) in [5.41, 5.74) is 12.1. The average molecular weight is 452 g/mol. The second-order valence-electron chi connectivity index (χ2n) is 10.2. The van der Waals surface area contributed by atoms with E-state index in [-0.39, 0.29) is 11.4 Å². The van der Waals surface area contributed by atoms with E-state index < -0.39 is 0 Å². The van der Waals surface area contributed by atoms with Gasteiger partial charge in [-0.3, -0.25) is 15.6 Å². The predicted octanol–water partition coefficient (Wildman–Crippen LogP) is 5.42. The Hall–Kier alpha value is -2.37. The highest BCUT2D eigenvalue weighted by Crippen LogP contribution is 2.38. The van der Waals surface area contributed by atoms with Crippen molar-refractivity contribution >= 4 is 22.4 Å². The summed E-state index contributed by atoms with van der Waals surface area (Å²) in [6.45, 7) is 20.0. The van der Waals surface area contributed by atoms with Gasteiger partial charge in [-0.25, -0.2) is 0 Å². The number of hydrogen-bond acceptors (Lipinski definition) is 4. The quantitative estimate of drug-likeness (QED) is 0.436. The monoisotopic (exact) mass is 451 g/mol. The minimum absolute atomic E-state index is 0.125. The number of allylic oxidation sites excluding steroid dienone is 3. The molecule has 2 heterocycles. The molecule has 33 heavy (non-hydrogen) atoms. The van der Waals surface area contributed by atoms with Crippen LogP contribution in [0.5, 0.6) is 0 Å². The van der Waals surface area contributed by atoms with Crippen LogP contribution in [-0.2, 0) is 22.5 Å². The van der Waals surface area contributed by atoms with Gasteiger partial charge in [-0.15, -0.1) is 0 Å². The minimum atomic E-state index is -0.226. The van der Waals surface area contributed by atoms with Crippen molar-refractivity contribution in [1.82, 2.24) is 15.4 Å². The molecule has 2 atom stereocenters. The molecule has 1 aromatic heterocycles. The molecule has 0 amide bonds. The fourth-order valence-electron chi connectivity index (χ4n) is 4.72. The molecule has 5 heteroatoms. The predicted molar refractivity (Wildman–Crippen MR) is 138 cm³/mol. The summed E-state index contributed by atoms with van der Waals surface area (Å²) in [5, 5.41) is 1.27. The second-order valence-corrected chi connectivity index (χ2v) is 10.2. The first-order chi connectivity index (χ1) is 15.7. The van der Waals surface area contributed by atoms with E-state index in [1.54, 1.807) is 0 Å². The van der Waals surface area contributed by atoms with Gasteiger partial charge in [0.05, 0.1) is 6.61 Å². The van der Waals surface area contributed by atoms with Gasteiger partial charge in [-0.05, 0) is 74.3 Å². The summed E-state index contributed by atoms with van der Waals surface area (Å²) in [5.74, 6) is 1.83. The van der Waals surface area contributed by atoms with Crippen LogP contribution in [0.3, 0.4) is 0 Å². The zero-order valence-electron chi connectivity index (χ0n) is 21.3. The van der Waals surface area contributed by atoms with Crippen LogP contribution in [0.1, 0.15) is 57.9 Å². The van der Waals surface area contributed by atoms with Gasteiger partial charge in [0, 0.05) is 48.6 Å². The molecule has 4 rings (SSSR count). The third kappa shape index (κ3) is 6.36. The van der Waals surface area contributed by atoms with Gasteiger partial charge >= 0.3 is 5.97 Å². The Bertz CT molecular complexity index is 1020. The fraction of sp³-hybridized carbons (Fsp3) is 0.536. The van der Waals surface area contributed by atoms with Gasteiger partial charge in [0.1, 0.15) is 0 Å². The SMILES string of the molecule is C1NNCC2CC12.C=C(/C=C/C)c1ccc2c(c1)c(CC(C)(C)COC(C)=O)c(C)n2CC. The number of carbonyl (C=O) groups excluding carboxylic acids is 1. The molecule has 0 bridgehead atoms. The van der Waals surface area contributed by atoms with Crippen molar-refractivity contribution in [3.05, 3.63) is 53.8 Å². The van der Waals surface area contributed by atoms with E-state index in [0.717, 1.165) is 35.9 Å². The Balaban J connectivity index is 0.000000364. The molecule has 1 aliphatic carbocycles. The number of rotatable bonds is 7. The normalized spacial score (nSPS) is 19.7. The molecule has 1 aliphatic heterocycles. The number of carbonyl (C=O) groups is 1. The van der Waals surface area contributed by atoms with Crippen LogP contribution in [0.2, 0.25) is 0 Å². The number of hydrogen-bond donors (Lipinski definition) is 2. The molecule has 1 saturated heterocycles. The number of fused-ring (bicyclic) bond motifs is 2. The van der Waals surface area contributed by atoms with Crippen LogP contribution in [0.15, 0.2) is 36.9 Å². The summed E-state index contributed by atoms with van der Waals surface area (Å²) in [4.78, 5) is 11.2. The standard InChI is InChI=1S/C23H31NO2.C5H10N2/c1-8-10-16(3)19-11-12-22-20(13-19)21(17(4)24(22)9-2)14-23(6,7)15-26-18(5)25;1-4-2-6-7-3-5(1)4/h8,10-13H,3,9,14-15H2,1-2,4-7H3;4-7H,1-3H2/b10-8+;. The molecule has 5 nitrogen and oxygen atoms in total. The highest BCUT2D eigenvalue weighted by atomic mass is 16.5. The van der Waals surface area contributed by atoms with Gasteiger partial charge in [0.2, 0.25) is 0 Å². The largest absolute Gasteiger partial charge is 0.465 e. The van der Waals surface area contributed by atoms with E-state index in [1.807, 2.05) is 19.1 Å². The van der Waals surface area contributed by atoms with E-state index in [0.29, 0.717) is 6.61 Å². The number of hydrazine groups is 1. The van der Waals surface area contributed by atoms with Crippen molar-refractivity contribution in [2.24, 2.45) is 17.3 Å². The lowest BCUT2D eigenvalue weighted by Gasteiger charge is -2.24. The minimum Gasteiger partial charge on any atom is -0.465 e. The Kier molecular flexibility index (Phi) is 8.19. The molecule has 2 N–H and O–H groups in total. The first-order valence-electron chi connectivity index (χ1n) is 12.2. The van der Waals surface area contributed by atoms with Crippen LogP contribution in [-0.4, -0.2) is 30.2 Å². The summed E-state index contributed by atoms with van der Waals surface area (Å²) in [7, 11) is 0. The molecular weight excluding hydrogens is 410 g/mol. The van der Waals surface area contributed by atoms with Crippen molar-refractivity contribution in [2.75, 3.05) is 19.7 Å². The lowest BCUT2D eigenvalue weighted by atomic mass is 9.85. The van der Waals surface area contributed by atoms with E-state index >= 15 is 0 Å². The van der Waals surface area contributed by atoms with Gasteiger partial charge in [-0.2, -0.15) is 0 Å². The maximum Gasteiger partial charge on any atom is 0.302 e. The van der Waals surface area contributed by atoms with E-state index in [9.17, 15) is 4.79 Å². The molecule has 2 aliphatic rings. The second kappa shape index (κ2) is 10.7. The maximum absolute atomic E-state index is 11.2. The summed E-state index contributed by atoms with van der Waals surface area (Å²) >= 11 is 0. The van der Waals surface area contributed by atoms with E-state index in [1.165, 1.54) is 48.6 Å². The lowest BCUT2D eigenvalue weighted by Crippen LogP contribution is -2.39. The molecule has 1 aromatic carbocycles. The molecule has 0 radical (unpaired) electrons. The van der Waals surface area contributed by atoms with Crippen molar-refractivity contribution in [2.45, 2.75) is 60.9 Å². The Morgan fingerprint density at radius 1 is 1.27 bits per heavy atom. The van der Waals surface area contributed by atoms with Crippen LogP contribution >= 0.6 is 0 Å². The highest BCUT2D eigenvalue weighted by Gasteiger charge is 2.38. The summed E-state index contributed by atoms with van der Waals surface area (Å²) in [6, 6.07) is 6.58. The van der Waals surface area contributed by atoms with Gasteiger partial charge < -0.3 is 9.30 Å². The average Bonchev–Trinajstić information content (AvgIpc) is 3.52. The Morgan fingerprint density at radius 3 is 2.48 bits per heavy atom. The first-order valence-corrected chi connectivity index (χ1v) is 12.2. The molecular formula is C28H41N3O2. The number of aryl methyl sites for hydroxylation is 1. The molecule has 0 spiro atoms. The smallest absolute Gasteiger partial charge is 0.302 e. The third-order valence-electron chi connectivity index (χ3n) is 6.75. The summed E-state index contributed by atoms with van der Waals surface area (Å²) in [6.07, 6.45) is 6.36. The van der Waals surface area contributed by atoms with Gasteiger partial charge in [0.25, 0.3) is 0 Å². The third-order valence-corrected chi connectivity index (χ3v) is 6.75. The van der Waals surface area contributed by atoms with Crippen molar-refractivity contribution < 1.29 is 9.53 Å². The topological polar surface area (TPSA) is 55.3 Å². The molecule has 1 saturated carbocycles. The van der Waals surface area contributed by atoms with E-state index in [4.69, 9.17) is 4.74 Å². The van der Waals surface area contributed by atoms with Crippen LogP contribution < -0.4 is 10.9 Å². The number of aromatic nitrogens is 1.